The van der Waals surface area contributed by atoms with Crippen LogP contribution in [0.4, 0.5) is 0 Å². The van der Waals surface area contributed by atoms with Crippen LogP contribution in [0.15, 0.2) is 24.3 Å². The molecular weight excluding hydrogens is 292 g/mol. The van der Waals surface area contributed by atoms with Gasteiger partial charge in [-0.1, -0.05) is 65.8 Å². The largest absolute Gasteiger partial charge is 0.388 e. The third-order valence-corrected chi connectivity index (χ3v) is 4.50. The van der Waals surface area contributed by atoms with Crippen LogP contribution in [0.5, 0.6) is 0 Å². The van der Waals surface area contributed by atoms with Crippen molar-refractivity contribution >= 4 is 11.6 Å². The van der Waals surface area contributed by atoms with Gasteiger partial charge in [-0.15, -0.1) is 0 Å². The van der Waals surface area contributed by atoms with Gasteiger partial charge in [0.1, 0.15) is 5.78 Å². The molecule has 0 saturated carbocycles. The molecule has 0 fully saturated rings. The molecule has 2 rings (SSSR count). The first-order chi connectivity index (χ1) is 10.3. The molecule has 0 saturated heterocycles. The van der Waals surface area contributed by atoms with Crippen molar-refractivity contribution < 1.29 is 19.8 Å². The van der Waals surface area contributed by atoms with E-state index in [-0.39, 0.29) is 5.78 Å². The van der Waals surface area contributed by atoms with Crippen molar-refractivity contribution in [2.75, 3.05) is 0 Å². The molecule has 0 aliphatic heterocycles. The van der Waals surface area contributed by atoms with Gasteiger partial charge in [-0.2, -0.15) is 0 Å². The third kappa shape index (κ3) is 2.64. The molecule has 0 radical (unpaired) electrons. The molecule has 3 atom stereocenters. The van der Waals surface area contributed by atoms with Crippen molar-refractivity contribution in [2.45, 2.75) is 53.2 Å². The highest BCUT2D eigenvalue weighted by Gasteiger charge is 2.61. The molecule has 2 N–H and O–H groups in total. The molecule has 0 amide bonds. The van der Waals surface area contributed by atoms with Crippen LogP contribution >= 0.6 is 0 Å². The molecule has 1 aromatic carbocycles. The van der Waals surface area contributed by atoms with Gasteiger partial charge in [-0.3, -0.25) is 9.59 Å². The van der Waals surface area contributed by atoms with Gasteiger partial charge in [0.15, 0.2) is 11.4 Å². The Morgan fingerprint density at radius 2 is 1.52 bits per heavy atom. The van der Waals surface area contributed by atoms with E-state index in [2.05, 4.69) is 0 Å². The first kappa shape index (κ1) is 17.8. The van der Waals surface area contributed by atoms with Gasteiger partial charge in [0.05, 0.1) is 12.0 Å². The highest BCUT2D eigenvalue weighted by Crippen LogP contribution is 2.52. The maximum Gasteiger partial charge on any atom is 0.175 e. The molecule has 0 aromatic heterocycles. The highest BCUT2D eigenvalue weighted by atomic mass is 16.3. The Labute approximate surface area is 137 Å². The van der Waals surface area contributed by atoms with Crippen LogP contribution in [0.25, 0.3) is 0 Å². The minimum Gasteiger partial charge on any atom is -0.388 e. The van der Waals surface area contributed by atoms with Gasteiger partial charge >= 0.3 is 0 Å². The van der Waals surface area contributed by atoms with Gasteiger partial charge in [0.2, 0.25) is 0 Å². The minimum atomic E-state index is -2.00. The van der Waals surface area contributed by atoms with Crippen LogP contribution in [0, 0.1) is 16.7 Å². The van der Waals surface area contributed by atoms with Crippen molar-refractivity contribution in [3.63, 3.8) is 0 Å². The zero-order valence-corrected chi connectivity index (χ0v) is 14.7. The Balaban J connectivity index is 2.71. The van der Waals surface area contributed by atoms with Gasteiger partial charge < -0.3 is 10.2 Å². The second-order valence-electron chi connectivity index (χ2n) is 8.47. The Kier molecular flexibility index (Phi) is 4.07. The maximum absolute atomic E-state index is 13.0. The van der Waals surface area contributed by atoms with Crippen LogP contribution in [-0.2, 0) is 15.2 Å². The number of aliphatic hydroxyl groups is 2. The van der Waals surface area contributed by atoms with E-state index in [0.717, 1.165) is 0 Å². The first-order valence-corrected chi connectivity index (χ1v) is 7.92. The summed E-state index contributed by atoms with van der Waals surface area (Å²) in [5.41, 5.74) is -2.83. The minimum absolute atomic E-state index is 0.318. The average Bonchev–Trinajstić information content (AvgIpc) is 2.65. The summed E-state index contributed by atoms with van der Waals surface area (Å²) in [6.07, 6.45) is -1.19. The Bertz CT molecular complexity index is 648. The predicted molar refractivity (Wildman–Crippen MR) is 87.7 cm³/mol. The zero-order chi connectivity index (χ0) is 17.8. The highest BCUT2D eigenvalue weighted by molar-refractivity contribution is 6.01. The number of carbonyl (C=O) groups excluding carboxylic acids is 2. The molecule has 4 nitrogen and oxygen atoms in total. The molecule has 0 spiro atoms. The standard InChI is InChI=1S/C19H26O4/c1-17(2,3)15(21)13-14(20)11-9-7-8-10-12(11)19(13,23)16(22)18(4,5)6/h7-10,13-14,20,23H,1-6H3. The number of aliphatic hydroxyl groups excluding tert-OH is 1. The molecule has 1 aromatic rings. The smallest absolute Gasteiger partial charge is 0.175 e. The fraction of sp³-hybridized carbons (Fsp3) is 0.579. The van der Waals surface area contributed by atoms with Crippen LogP contribution < -0.4 is 0 Å². The summed E-state index contributed by atoms with van der Waals surface area (Å²) in [6, 6.07) is 6.72. The van der Waals surface area contributed by atoms with E-state index in [9.17, 15) is 19.8 Å². The van der Waals surface area contributed by atoms with Crippen LogP contribution in [0.3, 0.4) is 0 Å². The van der Waals surface area contributed by atoms with Crippen molar-refractivity contribution in [2.24, 2.45) is 16.7 Å². The van der Waals surface area contributed by atoms with Gasteiger partial charge in [0, 0.05) is 10.8 Å². The second-order valence-corrected chi connectivity index (χ2v) is 8.47. The van der Waals surface area contributed by atoms with E-state index in [1.165, 1.54) is 0 Å². The lowest BCUT2D eigenvalue weighted by Crippen LogP contribution is -2.51. The topological polar surface area (TPSA) is 74.6 Å². The molecule has 0 heterocycles. The summed E-state index contributed by atoms with van der Waals surface area (Å²) >= 11 is 0. The fourth-order valence-electron chi connectivity index (χ4n) is 3.31. The SMILES string of the molecule is CC(C)(C)C(=O)C1C(O)c2ccccc2C1(O)C(=O)C(C)(C)C. The van der Waals surface area contributed by atoms with E-state index in [4.69, 9.17) is 0 Å². The molecular formula is C19H26O4. The number of fused-ring (bicyclic) bond motifs is 1. The quantitative estimate of drug-likeness (QED) is 0.879. The van der Waals surface area contributed by atoms with E-state index < -0.39 is 34.2 Å². The molecule has 1 aliphatic rings. The number of Topliss-reactive ketones (excluding diaryl/α,β-unsaturated/α-hetero) is 2. The molecule has 1 aliphatic carbocycles. The summed E-state index contributed by atoms with van der Waals surface area (Å²) in [4.78, 5) is 25.9. The molecule has 0 bridgehead atoms. The fourth-order valence-corrected chi connectivity index (χ4v) is 3.31. The van der Waals surface area contributed by atoms with E-state index in [0.29, 0.717) is 11.1 Å². The van der Waals surface area contributed by atoms with Crippen LogP contribution in [-0.4, -0.2) is 21.8 Å². The molecule has 126 valence electrons. The van der Waals surface area contributed by atoms with Crippen molar-refractivity contribution in [1.29, 1.82) is 0 Å². The van der Waals surface area contributed by atoms with Crippen molar-refractivity contribution in [3.8, 4) is 0 Å². The van der Waals surface area contributed by atoms with E-state index in [1.54, 1.807) is 65.8 Å². The zero-order valence-electron chi connectivity index (χ0n) is 14.7. The summed E-state index contributed by atoms with van der Waals surface area (Å²) in [5.74, 6) is -1.95. The Morgan fingerprint density at radius 3 is 2.00 bits per heavy atom. The molecule has 3 unspecified atom stereocenters. The van der Waals surface area contributed by atoms with Gasteiger partial charge in [-0.25, -0.2) is 0 Å². The van der Waals surface area contributed by atoms with E-state index >= 15 is 0 Å². The monoisotopic (exact) mass is 318 g/mol. The lowest BCUT2D eigenvalue weighted by atomic mass is 9.68. The third-order valence-electron chi connectivity index (χ3n) is 4.50. The van der Waals surface area contributed by atoms with Crippen molar-refractivity contribution in [3.05, 3.63) is 35.4 Å². The van der Waals surface area contributed by atoms with E-state index in [1.807, 2.05) is 0 Å². The Hall–Kier alpha value is -1.52. The molecule has 4 heteroatoms. The Morgan fingerprint density at radius 1 is 1.00 bits per heavy atom. The second kappa shape index (κ2) is 5.25. The summed E-state index contributed by atoms with van der Waals surface area (Å²) < 4.78 is 0. The normalized spacial score (nSPS) is 27.7. The lowest BCUT2D eigenvalue weighted by Gasteiger charge is -2.37. The average molecular weight is 318 g/mol. The van der Waals surface area contributed by atoms with Gasteiger partial charge in [0.25, 0.3) is 0 Å². The number of hydrogen-bond acceptors (Lipinski definition) is 4. The number of carbonyl (C=O) groups is 2. The number of rotatable bonds is 2. The number of hydrogen-bond donors (Lipinski definition) is 2. The van der Waals surface area contributed by atoms with Crippen LogP contribution in [0.2, 0.25) is 0 Å². The van der Waals surface area contributed by atoms with Crippen molar-refractivity contribution in [1.82, 2.24) is 0 Å². The lowest BCUT2D eigenvalue weighted by molar-refractivity contribution is -0.165. The summed E-state index contributed by atoms with van der Waals surface area (Å²) in [5, 5.41) is 22.1. The van der Waals surface area contributed by atoms with Crippen LogP contribution in [0.1, 0.15) is 58.8 Å². The molecule has 23 heavy (non-hydrogen) atoms. The summed E-state index contributed by atoms with van der Waals surface area (Å²) in [6.45, 7) is 10.3. The number of ketones is 2. The van der Waals surface area contributed by atoms with Gasteiger partial charge in [-0.05, 0) is 11.1 Å². The number of benzene rings is 1. The predicted octanol–water partition coefficient (Wildman–Crippen LogP) is 2.77. The summed E-state index contributed by atoms with van der Waals surface area (Å²) in [7, 11) is 0. The maximum atomic E-state index is 13.0. The first-order valence-electron chi connectivity index (χ1n) is 7.92.